The maximum atomic E-state index is 12.0. The van der Waals surface area contributed by atoms with Gasteiger partial charge in [-0.25, -0.2) is 4.79 Å². The summed E-state index contributed by atoms with van der Waals surface area (Å²) in [6, 6.07) is -0.235. The third kappa shape index (κ3) is 2.86. The number of rotatable bonds is 3. The number of amides is 3. The zero-order valence-corrected chi connectivity index (χ0v) is 11.7. The lowest BCUT2D eigenvalue weighted by molar-refractivity contribution is -0.153. The van der Waals surface area contributed by atoms with Crippen LogP contribution in [0.3, 0.4) is 0 Å². The summed E-state index contributed by atoms with van der Waals surface area (Å²) in [4.78, 5) is 37.7. The number of nitrogens with one attached hydrogen (secondary N) is 1. The Morgan fingerprint density at radius 2 is 1.65 bits per heavy atom. The van der Waals surface area contributed by atoms with Crippen LogP contribution in [-0.2, 0) is 9.59 Å². The van der Waals surface area contributed by atoms with Gasteiger partial charge in [-0.15, -0.1) is 0 Å². The van der Waals surface area contributed by atoms with Crippen LogP contribution in [0.2, 0.25) is 0 Å². The summed E-state index contributed by atoms with van der Waals surface area (Å²) >= 11 is 0. The number of urea groups is 1. The van der Waals surface area contributed by atoms with Gasteiger partial charge in [0, 0.05) is 39.6 Å². The van der Waals surface area contributed by atoms with Crippen LogP contribution in [0, 0.1) is 5.41 Å². The van der Waals surface area contributed by atoms with Crippen molar-refractivity contribution < 1.29 is 19.5 Å². The van der Waals surface area contributed by atoms with Gasteiger partial charge in [-0.3, -0.25) is 9.59 Å². The number of carboxylic acids is 1. The molecule has 2 rings (SSSR count). The van der Waals surface area contributed by atoms with Crippen molar-refractivity contribution in [1.82, 2.24) is 15.1 Å². The Kier molecular flexibility index (Phi) is 4.15. The van der Waals surface area contributed by atoms with Crippen molar-refractivity contribution in [3.8, 4) is 0 Å². The maximum Gasteiger partial charge on any atom is 0.317 e. The first-order valence-corrected chi connectivity index (χ1v) is 6.96. The molecule has 2 aliphatic rings. The Morgan fingerprint density at radius 3 is 2.05 bits per heavy atom. The van der Waals surface area contributed by atoms with Gasteiger partial charge in [0.05, 0.1) is 5.41 Å². The highest BCUT2D eigenvalue weighted by molar-refractivity contribution is 5.79. The fourth-order valence-electron chi connectivity index (χ4n) is 2.65. The summed E-state index contributed by atoms with van der Waals surface area (Å²) in [6.45, 7) is 3.76. The van der Waals surface area contributed by atoms with E-state index in [0.717, 1.165) is 6.42 Å². The second kappa shape index (κ2) is 5.68. The Morgan fingerprint density at radius 1 is 1.10 bits per heavy atom. The van der Waals surface area contributed by atoms with E-state index >= 15 is 0 Å². The average molecular weight is 283 g/mol. The van der Waals surface area contributed by atoms with Gasteiger partial charge < -0.3 is 20.2 Å². The first-order chi connectivity index (χ1) is 9.44. The number of carbonyl (C=O) groups is 3. The molecule has 0 spiro atoms. The Labute approximate surface area is 117 Å². The van der Waals surface area contributed by atoms with Crippen molar-refractivity contribution in [3.63, 3.8) is 0 Å². The number of nitrogens with zero attached hydrogens (tertiary/aromatic N) is 2. The monoisotopic (exact) mass is 283 g/mol. The molecule has 112 valence electrons. The van der Waals surface area contributed by atoms with Crippen molar-refractivity contribution in [2.24, 2.45) is 5.41 Å². The van der Waals surface area contributed by atoms with Crippen LogP contribution in [0.5, 0.6) is 0 Å². The van der Waals surface area contributed by atoms with Gasteiger partial charge >= 0.3 is 12.0 Å². The molecule has 20 heavy (non-hydrogen) atoms. The molecule has 1 saturated heterocycles. The van der Waals surface area contributed by atoms with E-state index in [1.165, 1.54) is 6.92 Å². The van der Waals surface area contributed by atoms with E-state index in [-0.39, 0.29) is 18.5 Å². The minimum atomic E-state index is -0.828. The van der Waals surface area contributed by atoms with Crippen LogP contribution < -0.4 is 5.32 Å². The quantitative estimate of drug-likeness (QED) is 0.769. The largest absolute Gasteiger partial charge is 0.481 e. The second-order valence-electron chi connectivity index (χ2n) is 5.59. The highest BCUT2D eigenvalue weighted by atomic mass is 16.4. The lowest BCUT2D eigenvalue weighted by Crippen LogP contribution is -2.55. The molecule has 0 unspecified atom stereocenters. The lowest BCUT2D eigenvalue weighted by atomic mass is 9.69. The molecular weight excluding hydrogens is 262 g/mol. The molecule has 0 radical (unpaired) electrons. The number of hydrogen-bond acceptors (Lipinski definition) is 3. The first-order valence-electron chi connectivity index (χ1n) is 6.96. The molecule has 1 aliphatic carbocycles. The molecule has 0 bridgehead atoms. The standard InChI is InChI=1S/C13H21N3O4/c1-10(17)15-5-7-16(8-6-15)12(20)14-9-13(11(18)19)3-2-4-13/h2-9H2,1H3,(H,14,20)(H,18,19). The SMILES string of the molecule is CC(=O)N1CCN(C(=O)NCC2(C(=O)O)CCC2)CC1. The summed E-state index contributed by atoms with van der Waals surface area (Å²) in [5, 5.41) is 11.9. The minimum Gasteiger partial charge on any atom is -0.481 e. The molecule has 2 N–H and O–H groups in total. The third-order valence-corrected chi connectivity index (χ3v) is 4.35. The summed E-state index contributed by atoms with van der Waals surface area (Å²) in [5.41, 5.74) is -0.767. The number of piperazine rings is 1. The Bertz CT molecular complexity index is 412. The smallest absolute Gasteiger partial charge is 0.317 e. The van der Waals surface area contributed by atoms with Crippen LogP contribution in [0.4, 0.5) is 4.79 Å². The zero-order valence-electron chi connectivity index (χ0n) is 11.7. The van der Waals surface area contributed by atoms with E-state index in [1.807, 2.05) is 0 Å². The minimum absolute atomic E-state index is 0.0179. The average Bonchev–Trinajstić information content (AvgIpc) is 2.36. The van der Waals surface area contributed by atoms with Crippen LogP contribution >= 0.6 is 0 Å². The summed E-state index contributed by atoms with van der Waals surface area (Å²) in [5.74, 6) is -0.810. The molecular formula is C13H21N3O4. The predicted molar refractivity (Wildman–Crippen MR) is 71.1 cm³/mol. The van der Waals surface area contributed by atoms with Crippen LogP contribution in [0.25, 0.3) is 0 Å². The third-order valence-electron chi connectivity index (χ3n) is 4.35. The predicted octanol–water partition coefficient (Wildman–Crippen LogP) is 0.115. The summed E-state index contributed by atoms with van der Waals surface area (Å²) < 4.78 is 0. The normalized spacial score (nSPS) is 21.1. The zero-order chi connectivity index (χ0) is 14.8. The Hall–Kier alpha value is -1.79. The first kappa shape index (κ1) is 14.6. The van der Waals surface area contributed by atoms with Gasteiger partial charge in [-0.1, -0.05) is 6.42 Å². The molecule has 0 aromatic carbocycles. The van der Waals surface area contributed by atoms with E-state index in [2.05, 4.69) is 5.32 Å². The molecule has 1 aliphatic heterocycles. The van der Waals surface area contributed by atoms with Crippen molar-refractivity contribution >= 4 is 17.9 Å². The summed E-state index contributed by atoms with van der Waals surface area (Å²) in [6.07, 6.45) is 2.15. The topological polar surface area (TPSA) is 90.0 Å². The number of aliphatic carboxylic acids is 1. The number of carboxylic acid groups (broad SMARTS) is 1. The van der Waals surface area contributed by atoms with Gasteiger partial charge in [-0.2, -0.15) is 0 Å². The van der Waals surface area contributed by atoms with Crippen molar-refractivity contribution in [2.45, 2.75) is 26.2 Å². The van der Waals surface area contributed by atoms with Crippen LogP contribution in [0.1, 0.15) is 26.2 Å². The van der Waals surface area contributed by atoms with Crippen molar-refractivity contribution in [2.75, 3.05) is 32.7 Å². The van der Waals surface area contributed by atoms with Gasteiger partial charge in [0.25, 0.3) is 0 Å². The molecule has 2 fully saturated rings. The van der Waals surface area contributed by atoms with Crippen LogP contribution in [0.15, 0.2) is 0 Å². The second-order valence-corrected chi connectivity index (χ2v) is 5.59. The number of carbonyl (C=O) groups excluding carboxylic acids is 2. The lowest BCUT2D eigenvalue weighted by Gasteiger charge is -2.39. The van der Waals surface area contributed by atoms with Crippen LogP contribution in [-0.4, -0.2) is 65.5 Å². The molecule has 3 amide bonds. The van der Waals surface area contributed by atoms with Crippen molar-refractivity contribution in [1.29, 1.82) is 0 Å². The van der Waals surface area contributed by atoms with Gasteiger partial charge in [0.2, 0.25) is 5.91 Å². The molecule has 7 heteroatoms. The Balaban J connectivity index is 1.79. The molecule has 1 heterocycles. The van der Waals surface area contributed by atoms with E-state index in [4.69, 9.17) is 0 Å². The number of hydrogen-bond donors (Lipinski definition) is 2. The summed E-state index contributed by atoms with van der Waals surface area (Å²) in [7, 11) is 0. The highest BCUT2D eigenvalue weighted by Crippen LogP contribution is 2.40. The van der Waals surface area contributed by atoms with Crippen molar-refractivity contribution in [3.05, 3.63) is 0 Å². The molecule has 0 aromatic heterocycles. The van der Waals surface area contributed by atoms with E-state index in [9.17, 15) is 19.5 Å². The van der Waals surface area contributed by atoms with E-state index < -0.39 is 11.4 Å². The van der Waals surface area contributed by atoms with E-state index in [0.29, 0.717) is 39.0 Å². The van der Waals surface area contributed by atoms with Gasteiger partial charge in [0.15, 0.2) is 0 Å². The fraction of sp³-hybridized carbons (Fsp3) is 0.769. The maximum absolute atomic E-state index is 12.0. The highest BCUT2D eigenvalue weighted by Gasteiger charge is 2.44. The van der Waals surface area contributed by atoms with Gasteiger partial charge in [0.1, 0.15) is 0 Å². The molecule has 1 saturated carbocycles. The fourth-order valence-corrected chi connectivity index (χ4v) is 2.65. The molecule has 7 nitrogen and oxygen atoms in total. The molecule has 0 aromatic rings. The van der Waals surface area contributed by atoms with E-state index in [1.54, 1.807) is 9.80 Å². The van der Waals surface area contributed by atoms with Gasteiger partial charge in [-0.05, 0) is 12.8 Å². The molecule has 0 atom stereocenters.